The van der Waals surface area contributed by atoms with Crippen LogP contribution >= 0.6 is 15.9 Å². The molecule has 1 heterocycles. The van der Waals surface area contributed by atoms with Gasteiger partial charge in [0, 0.05) is 15.9 Å². The number of nitrogens with one attached hydrogen (secondary N) is 3. The number of urea groups is 1. The molecule has 0 spiro atoms. The Hall–Kier alpha value is -2.81. The smallest absolute Gasteiger partial charge is 0.327 e. The maximum absolute atomic E-state index is 12.9. The molecule has 2 aromatic rings. The molecular weight excluding hydrogens is 439 g/mol. The molecule has 0 saturated carbocycles. The standard InChI is InChI=1S/C19H15BrF3N3O2/c1-10-15(16(26-18(28)24-10)13-7-2-3-8-14(13)20)17(27)25-12-6-4-5-11(9-12)19(21,22)23/h2-9,16H,1H3,(H,25,27)(H2,24,26,28)/t16-/m0/s1. The Labute approximate surface area is 167 Å². The third-order valence-corrected chi connectivity index (χ3v) is 4.90. The highest BCUT2D eigenvalue weighted by atomic mass is 79.9. The van der Waals surface area contributed by atoms with Crippen LogP contribution in [-0.2, 0) is 11.0 Å². The van der Waals surface area contributed by atoms with Gasteiger partial charge >= 0.3 is 12.2 Å². The number of allylic oxidation sites excluding steroid dienone is 1. The molecule has 1 aliphatic rings. The predicted molar refractivity (Wildman–Crippen MR) is 101 cm³/mol. The topological polar surface area (TPSA) is 70.2 Å². The molecule has 0 fully saturated rings. The molecule has 2 aromatic carbocycles. The van der Waals surface area contributed by atoms with Crippen molar-refractivity contribution in [2.24, 2.45) is 0 Å². The Morgan fingerprint density at radius 2 is 1.86 bits per heavy atom. The largest absolute Gasteiger partial charge is 0.416 e. The number of amides is 3. The summed E-state index contributed by atoms with van der Waals surface area (Å²) in [5.74, 6) is -0.620. The van der Waals surface area contributed by atoms with E-state index in [0.717, 1.165) is 12.1 Å². The maximum atomic E-state index is 12.9. The van der Waals surface area contributed by atoms with E-state index < -0.39 is 29.7 Å². The molecule has 28 heavy (non-hydrogen) atoms. The Morgan fingerprint density at radius 1 is 1.14 bits per heavy atom. The normalized spacial score (nSPS) is 17.0. The number of carbonyl (C=O) groups excluding carboxylic acids is 2. The summed E-state index contributed by atoms with van der Waals surface area (Å²) in [5, 5.41) is 7.69. The molecule has 0 radical (unpaired) electrons. The molecule has 5 nitrogen and oxygen atoms in total. The first-order valence-corrected chi connectivity index (χ1v) is 8.97. The van der Waals surface area contributed by atoms with Gasteiger partial charge in [0.2, 0.25) is 0 Å². The zero-order valence-electron chi connectivity index (χ0n) is 14.5. The average molecular weight is 454 g/mol. The van der Waals surface area contributed by atoms with Crippen molar-refractivity contribution >= 4 is 33.6 Å². The second-order valence-electron chi connectivity index (χ2n) is 6.12. The van der Waals surface area contributed by atoms with Gasteiger partial charge in [-0.05, 0) is 36.8 Å². The monoisotopic (exact) mass is 453 g/mol. The quantitative estimate of drug-likeness (QED) is 0.628. The van der Waals surface area contributed by atoms with Gasteiger partial charge in [0.1, 0.15) is 0 Å². The SMILES string of the molecule is CC1=C(C(=O)Nc2cccc(C(F)(F)F)c2)[C@H](c2ccccc2Br)NC(=O)N1. The van der Waals surface area contributed by atoms with Crippen LogP contribution in [0.3, 0.4) is 0 Å². The first-order valence-electron chi connectivity index (χ1n) is 8.18. The number of benzene rings is 2. The summed E-state index contributed by atoms with van der Waals surface area (Å²) in [6.07, 6.45) is -4.52. The Balaban J connectivity index is 1.95. The molecule has 0 aliphatic carbocycles. The van der Waals surface area contributed by atoms with Crippen LogP contribution in [-0.4, -0.2) is 11.9 Å². The van der Waals surface area contributed by atoms with Crippen molar-refractivity contribution in [1.82, 2.24) is 10.6 Å². The summed E-state index contributed by atoms with van der Waals surface area (Å²) >= 11 is 3.40. The molecule has 9 heteroatoms. The average Bonchev–Trinajstić information content (AvgIpc) is 2.60. The van der Waals surface area contributed by atoms with Crippen molar-refractivity contribution in [2.75, 3.05) is 5.32 Å². The fourth-order valence-corrected chi connectivity index (χ4v) is 3.42. The minimum absolute atomic E-state index is 0.00269. The molecule has 1 aliphatic heterocycles. The lowest BCUT2D eigenvalue weighted by Crippen LogP contribution is -2.46. The zero-order chi connectivity index (χ0) is 20.5. The number of anilines is 1. The first kappa shape index (κ1) is 19.9. The van der Waals surface area contributed by atoms with E-state index in [2.05, 4.69) is 31.9 Å². The summed E-state index contributed by atoms with van der Waals surface area (Å²) in [6.45, 7) is 1.56. The van der Waals surface area contributed by atoms with Gasteiger partial charge in [-0.25, -0.2) is 4.79 Å². The van der Waals surface area contributed by atoms with E-state index in [1.165, 1.54) is 12.1 Å². The lowest BCUT2D eigenvalue weighted by molar-refractivity contribution is -0.137. The van der Waals surface area contributed by atoms with Crippen molar-refractivity contribution in [2.45, 2.75) is 19.1 Å². The Kier molecular flexibility index (Phi) is 5.46. The van der Waals surface area contributed by atoms with Gasteiger partial charge < -0.3 is 16.0 Å². The third kappa shape index (κ3) is 4.19. The zero-order valence-corrected chi connectivity index (χ0v) is 16.1. The Bertz CT molecular complexity index is 973. The van der Waals surface area contributed by atoms with Crippen LogP contribution in [0.2, 0.25) is 0 Å². The van der Waals surface area contributed by atoms with E-state index >= 15 is 0 Å². The number of carbonyl (C=O) groups is 2. The van der Waals surface area contributed by atoms with E-state index in [9.17, 15) is 22.8 Å². The summed E-state index contributed by atoms with van der Waals surface area (Å²) in [6, 6.07) is 10.2. The highest BCUT2D eigenvalue weighted by molar-refractivity contribution is 9.10. The van der Waals surface area contributed by atoms with Crippen molar-refractivity contribution in [3.8, 4) is 0 Å². The Morgan fingerprint density at radius 3 is 2.54 bits per heavy atom. The van der Waals surface area contributed by atoms with Crippen LogP contribution in [0.1, 0.15) is 24.1 Å². The lowest BCUT2D eigenvalue weighted by atomic mass is 9.95. The van der Waals surface area contributed by atoms with Gasteiger partial charge in [-0.3, -0.25) is 4.79 Å². The predicted octanol–water partition coefficient (Wildman–Crippen LogP) is 4.73. The molecule has 0 aromatic heterocycles. The van der Waals surface area contributed by atoms with Gasteiger partial charge in [-0.2, -0.15) is 13.2 Å². The summed E-state index contributed by atoms with van der Waals surface area (Å²) in [5.41, 5.74) is 0.292. The summed E-state index contributed by atoms with van der Waals surface area (Å²) in [4.78, 5) is 24.8. The lowest BCUT2D eigenvalue weighted by Gasteiger charge is -2.29. The summed E-state index contributed by atoms with van der Waals surface area (Å²) < 4.78 is 39.4. The first-order chi connectivity index (χ1) is 13.2. The van der Waals surface area contributed by atoms with Crippen molar-refractivity contribution in [1.29, 1.82) is 0 Å². The van der Waals surface area contributed by atoms with E-state index in [-0.39, 0.29) is 11.3 Å². The molecule has 3 N–H and O–H groups in total. The molecular formula is C19H15BrF3N3O2. The molecule has 3 amide bonds. The number of hydrogen-bond acceptors (Lipinski definition) is 2. The maximum Gasteiger partial charge on any atom is 0.416 e. The van der Waals surface area contributed by atoms with Crippen molar-refractivity contribution in [3.05, 3.63) is 75.4 Å². The number of alkyl halides is 3. The van der Waals surface area contributed by atoms with Crippen LogP contribution in [0.25, 0.3) is 0 Å². The van der Waals surface area contributed by atoms with Crippen molar-refractivity contribution < 1.29 is 22.8 Å². The molecule has 0 bridgehead atoms. The highest BCUT2D eigenvalue weighted by Crippen LogP contribution is 2.33. The molecule has 1 atom stereocenters. The highest BCUT2D eigenvalue weighted by Gasteiger charge is 2.33. The van der Waals surface area contributed by atoms with Crippen molar-refractivity contribution in [3.63, 3.8) is 0 Å². The van der Waals surface area contributed by atoms with E-state index in [1.54, 1.807) is 31.2 Å². The molecule has 146 valence electrons. The van der Waals surface area contributed by atoms with Gasteiger partial charge in [0.05, 0.1) is 17.2 Å². The van der Waals surface area contributed by atoms with E-state index in [4.69, 9.17) is 0 Å². The second kappa shape index (κ2) is 7.67. The van der Waals surface area contributed by atoms with Crippen LogP contribution in [0.15, 0.2) is 64.3 Å². The molecule has 0 saturated heterocycles. The minimum atomic E-state index is -4.52. The fraction of sp³-hybridized carbons (Fsp3) is 0.158. The molecule has 0 unspecified atom stereocenters. The van der Waals surface area contributed by atoms with Gasteiger partial charge in [-0.1, -0.05) is 40.2 Å². The number of hydrogen-bond donors (Lipinski definition) is 3. The van der Waals surface area contributed by atoms with Gasteiger partial charge in [-0.15, -0.1) is 0 Å². The van der Waals surface area contributed by atoms with Crippen LogP contribution in [0.4, 0.5) is 23.7 Å². The second-order valence-corrected chi connectivity index (χ2v) is 6.98. The van der Waals surface area contributed by atoms with Crippen LogP contribution < -0.4 is 16.0 Å². The van der Waals surface area contributed by atoms with Crippen LogP contribution in [0, 0.1) is 0 Å². The van der Waals surface area contributed by atoms with Gasteiger partial charge in [0.25, 0.3) is 5.91 Å². The minimum Gasteiger partial charge on any atom is -0.327 e. The van der Waals surface area contributed by atoms with Gasteiger partial charge in [0.15, 0.2) is 0 Å². The molecule has 3 rings (SSSR count). The fourth-order valence-electron chi connectivity index (χ4n) is 2.91. The van der Waals surface area contributed by atoms with Crippen LogP contribution in [0.5, 0.6) is 0 Å². The summed E-state index contributed by atoms with van der Waals surface area (Å²) in [7, 11) is 0. The third-order valence-electron chi connectivity index (χ3n) is 4.18. The number of rotatable bonds is 3. The number of halogens is 4. The van der Waals surface area contributed by atoms with E-state index in [0.29, 0.717) is 15.7 Å². The van der Waals surface area contributed by atoms with E-state index in [1.807, 2.05) is 0 Å².